The maximum Gasteiger partial charge on any atom is 0.257 e. The second-order valence-corrected chi connectivity index (χ2v) is 7.03. The average molecular weight is 326 g/mol. The van der Waals surface area contributed by atoms with Crippen molar-refractivity contribution in [1.29, 1.82) is 0 Å². The van der Waals surface area contributed by atoms with Crippen LogP contribution in [0.15, 0.2) is 23.1 Å². The molecule has 0 bridgehead atoms. The van der Waals surface area contributed by atoms with Gasteiger partial charge in [0.15, 0.2) is 0 Å². The molecule has 7 heteroatoms. The van der Waals surface area contributed by atoms with E-state index >= 15 is 0 Å². The van der Waals surface area contributed by atoms with Crippen molar-refractivity contribution in [2.24, 2.45) is 0 Å². The summed E-state index contributed by atoms with van der Waals surface area (Å²) in [5.74, 6) is 0.216. The highest BCUT2D eigenvalue weighted by Gasteiger charge is 2.24. The highest BCUT2D eigenvalue weighted by molar-refractivity contribution is 7.89. The number of ether oxygens (including phenoxy) is 1. The smallest absolute Gasteiger partial charge is 0.257 e. The summed E-state index contributed by atoms with van der Waals surface area (Å²) >= 11 is 0. The topological polar surface area (TPSA) is 75.7 Å². The molecule has 0 spiro atoms. The van der Waals surface area contributed by atoms with Crippen LogP contribution in [0, 0.1) is 0 Å². The molecule has 122 valence electrons. The Morgan fingerprint density at radius 2 is 2.00 bits per heavy atom. The lowest BCUT2D eigenvalue weighted by Gasteiger charge is -2.18. The van der Waals surface area contributed by atoms with Crippen molar-refractivity contribution in [3.05, 3.63) is 23.8 Å². The quantitative estimate of drug-likeness (QED) is 0.862. The van der Waals surface area contributed by atoms with Crippen LogP contribution in [0.25, 0.3) is 0 Å². The fourth-order valence-corrected chi connectivity index (χ4v) is 3.59. The van der Waals surface area contributed by atoms with Gasteiger partial charge in [0.25, 0.3) is 5.91 Å². The van der Waals surface area contributed by atoms with Crippen LogP contribution in [0.2, 0.25) is 0 Å². The van der Waals surface area contributed by atoms with E-state index in [0.717, 1.165) is 12.8 Å². The van der Waals surface area contributed by atoms with Crippen LogP contribution in [0.1, 0.15) is 36.5 Å². The lowest BCUT2D eigenvalue weighted by Crippen LogP contribution is -2.29. The molecule has 1 aromatic carbocycles. The van der Waals surface area contributed by atoms with Crippen molar-refractivity contribution in [3.63, 3.8) is 0 Å². The molecule has 0 aromatic heterocycles. The Hall–Kier alpha value is -1.60. The van der Waals surface area contributed by atoms with Crippen molar-refractivity contribution in [1.82, 2.24) is 9.62 Å². The van der Waals surface area contributed by atoms with Crippen LogP contribution < -0.4 is 9.46 Å². The van der Waals surface area contributed by atoms with Gasteiger partial charge in [-0.05, 0) is 37.5 Å². The van der Waals surface area contributed by atoms with Crippen LogP contribution in [-0.2, 0) is 10.0 Å². The van der Waals surface area contributed by atoms with E-state index in [1.807, 2.05) is 6.92 Å². The Kier molecular flexibility index (Phi) is 5.42. The van der Waals surface area contributed by atoms with Crippen molar-refractivity contribution in [3.8, 4) is 5.75 Å². The number of likely N-dealkylation sites (tertiary alicyclic amines) is 1. The van der Waals surface area contributed by atoms with Gasteiger partial charge in [0.2, 0.25) is 10.0 Å². The highest BCUT2D eigenvalue weighted by atomic mass is 32.2. The van der Waals surface area contributed by atoms with Crippen LogP contribution in [0.3, 0.4) is 0 Å². The van der Waals surface area contributed by atoms with Gasteiger partial charge >= 0.3 is 0 Å². The van der Waals surface area contributed by atoms with Gasteiger partial charge in [0.05, 0.1) is 17.6 Å². The number of rotatable bonds is 6. The summed E-state index contributed by atoms with van der Waals surface area (Å²) in [6.07, 6.45) is 2.66. The number of nitrogens with one attached hydrogen (secondary N) is 1. The van der Waals surface area contributed by atoms with E-state index in [4.69, 9.17) is 4.74 Å². The fraction of sp³-hybridized carbons (Fsp3) is 0.533. The Labute approximate surface area is 131 Å². The number of hydrogen-bond acceptors (Lipinski definition) is 4. The molecule has 0 radical (unpaired) electrons. The van der Waals surface area contributed by atoms with Crippen LogP contribution in [0.5, 0.6) is 5.75 Å². The van der Waals surface area contributed by atoms with Gasteiger partial charge < -0.3 is 9.64 Å². The van der Waals surface area contributed by atoms with E-state index in [0.29, 0.717) is 37.4 Å². The number of carbonyl (C=O) groups excluding carboxylic acids is 1. The lowest BCUT2D eigenvalue weighted by molar-refractivity contribution is 0.0789. The average Bonchev–Trinajstić information content (AvgIpc) is 3.06. The molecule has 2 rings (SSSR count). The number of methoxy groups -OCH3 is 1. The maximum atomic E-state index is 12.6. The van der Waals surface area contributed by atoms with Gasteiger partial charge in [-0.15, -0.1) is 0 Å². The summed E-state index contributed by atoms with van der Waals surface area (Å²) < 4.78 is 32.1. The Morgan fingerprint density at radius 3 is 2.59 bits per heavy atom. The molecule has 0 aliphatic carbocycles. The monoisotopic (exact) mass is 326 g/mol. The van der Waals surface area contributed by atoms with E-state index < -0.39 is 10.0 Å². The fourth-order valence-electron chi connectivity index (χ4n) is 2.43. The molecule has 1 aliphatic heterocycles. The number of amides is 1. The third-order valence-corrected chi connectivity index (χ3v) is 5.11. The minimum Gasteiger partial charge on any atom is -0.496 e. The first-order chi connectivity index (χ1) is 10.5. The molecule has 0 saturated carbocycles. The largest absolute Gasteiger partial charge is 0.496 e. The Balaban J connectivity index is 2.35. The molecule has 1 N–H and O–H groups in total. The van der Waals surface area contributed by atoms with Gasteiger partial charge in [-0.25, -0.2) is 13.1 Å². The van der Waals surface area contributed by atoms with Crippen molar-refractivity contribution in [2.75, 3.05) is 26.7 Å². The lowest BCUT2D eigenvalue weighted by atomic mass is 10.1. The van der Waals surface area contributed by atoms with Crippen LogP contribution in [0.4, 0.5) is 0 Å². The summed E-state index contributed by atoms with van der Waals surface area (Å²) in [5, 5.41) is 0. The second kappa shape index (κ2) is 7.11. The molecule has 1 heterocycles. The van der Waals surface area contributed by atoms with E-state index in [9.17, 15) is 13.2 Å². The molecule has 1 saturated heterocycles. The van der Waals surface area contributed by atoms with E-state index in [-0.39, 0.29) is 10.8 Å². The number of nitrogens with zero attached hydrogens (tertiary/aromatic N) is 1. The van der Waals surface area contributed by atoms with Crippen LogP contribution in [-0.4, -0.2) is 46.0 Å². The maximum absolute atomic E-state index is 12.6. The Morgan fingerprint density at radius 1 is 1.32 bits per heavy atom. The van der Waals surface area contributed by atoms with Gasteiger partial charge in [-0.3, -0.25) is 4.79 Å². The van der Waals surface area contributed by atoms with Crippen molar-refractivity contribution < 1.29 is 17.9 Å². The predicted octanol–water partition coefficient (Wildman–Crippen LogP) is 1.62. The zero-order chi connectivity index (χ0) is 16.2. The standard InChI is InChI=1S/C15H22N2O4S/c1-3-8-16-22(19,20)12-6-7-14(21-2)13(11-12)15(18)17-9-4-5-10-17/h6-7,11,16H,3-5,8-10H2,1-2H3. The van der Waals surface area contributed by atoms with Crippen molar-refractivity contribution >= 4 is 15.9 Å². The van der Waals surface area contributed by atoms with Gasteiger partial charge in [0, 0.05) is 19.6 Å². The summed E-state index contributed by atoms with van der Waals surface area (Å²) in [6.45, 7) is 3.66. The number of benzene rings is 1. The van der Waals surface area contributed by atoms with Gasteiger partial charge in [-0.2, -0.15) is 0 Å². The van der Waals surface area contributed by atoms with Crippen molar-refractivity contribution in [2.45, 2.75) is 31.1 Å². The SMILES string of the molecule is CCCNS(=O)(=O)c1ccc(OC)c(C(=O)N2CCCC2)c1. The molecule has 6 nitrogen and oxygen atoms in total. The first-order valence-electron chi connectivity index (χ1n) is 7.46. The third kappa shape index (κ3) is 3.59. The first-order valence-corrected chi connectivity index (χ1v) is 8.95. The molecule has 1 aromatic rings. The molecule has 0 atom stereocenters. The van der Waals surface area contributed by atoms with Gasteiger partial charge in [0.1, 0.15) is 5.75 Å². The molecule has 22 heavy (non-hydrogen) atoms. The van der Waals surface area contributed by atoms with E-state index in [1.165, 1.54) is 25.3 Å². The Bertz CT molecular complexity index is 637. The second-order valence-electron chi connectivity index (χ2n) is 5.26. The first kappa shape index (κ1) is 16.8. The summed E-state index contributed by atoms with van der Waals surface area (Å²) in [5.41, 5.74) is 0.295. The van der Waals surface area contributed by atoms with E-state index in [1.54, 1.807) is 4.90 Å². The number of sulfonamides is 1. The molecular weight excluding hydrogens is 304 g/mol. The summed E-state index contributed by atoms with van der Waals surface area (Å²) in [4.78, 5) is 14.4. The minimum atomic E-state index is -3.60. The molecular formula is C15H22N2O4S. The summed E-state index contributed by atoms with van der Waals surface area (Å²) in [6, 6.07) is 4.39. The molecule has 1 fully saturated rings. The molecule has 1 amide bonds. The summed E-state index contributed by atoms with van der Waals surface area (Å²) in [7, 11) is -2.13. The van der Waals surface area contributed by atoms with Crippen LogP contribution >= 0.6 is 0 Å². The molecule has 0 unspecified atom stereocenters. The zero-order valence-electron chi connectivity index (χ0n) is 13.0. The molecule has 1 aliphatic rings. The third-order valence-electron chi connectivity index (χ3n) is 3.65. The minimum absolute atomic E-state index is 0.0873. The predicted molar refractivity (Wildman–Crippen MR) is 83.6 cm³/mol. The zero-order valence-corrected chi connectivity index (χ0v) is 13.8. The number of carbonyl (C=O) groups is 1. The van der Waals surface area contributed by atoms with Gasteiger partial charge in [-0.1, -0.05) is 6.92 Å². The normalized spacial score (nSPS) is 15.1. The number of hydrogen-bond donors (Lipinski definition) is 1. The van der Waals surface area contributed by atoms with E-state index in [2.05, 4.69) is 4.72 Å². The highest BCUT2D eigenvalue weighted by Crippen LogP contribution is 2.25.